The molecule has 17 heavy (non-hydrogen) atoms. The summed E-state index contributed by atoms with van der Waals surface area (Å²) in [5.41, 5.74) is 0.546. The minimum Gasteiger partial charge on any atom is -0.342 e. The molecule has 0 unspecified atom stereocenters. The summed E-state index contributed by atoms with van der Waals surface area (Å²) < 4.78 is 1.78. The van der Waals surface area contributed by atoms with Gasteiger partial charge in [0, 0.05) is 26.7 Å². The van der Waals surface area contributed by atoms with Crippen LogP contribution in [0.15, 0.2) is 12.5 Å². The molecule has 2 rings (SSSR count). The van der Waals surface area contributed by atoms with Crippen LogP contribution in [0.4, 0.5) is 0 Å². The van der Waals surface area contributed by atoms with E-state index in [4.69, 9.17) is 0 Å². The van der Waals surface area contributed by atoms with Crippen LogP contribution in [0.1, 0.15) is 17.4 Å². The maximum Gasteiger partial charge on any atom is 0.272 e. The summed E-state index contributed by atoms with van der Waals surface area (Å²) in [6.07, 6.45) is 3.18. The molecule has 6 nitrogen and oxygen atoms in total. The summed E-state index contributed by atoms with van der Waals surface area (Å²) in [6, 6.07) is 0. The van der Waals surface area contributed by atoms with Crippen molar-refractivity contribution in [1.29, 1.82) is 0 Å². The number of aryl methyl sites for hydroxylation is 1. The SMILES string of the molecule is CCn1cncc1C(=O)N1CCN(C)C(=O)C1. The van der Waals surface area contributed by atoms with Crippen molar-refractivity contribution >= 4 is 11.8 Å². The van der Waals surface area contributed by atoms with E-state index in [9.17, 15) is 9.59 Å². The minimum atomic E-state index is -0.120. The van der Waals surface area contributed by atoms with Gasteiger partial charge in [-0.3, -0.25) is 9.59 Å². The zero-order chi connectivity index (χ0) is 12.4. The van der Waals surface area contributed by atoms with Crippen LogP contribution in [0, 0.1) is 0 Å². The highest BCUT2D eigenvalue weighted by Gasteiger charge is 2.26. The first-order chi connectivity index (χ1) is 8.13. The number of rotatable bonds is 2. The number of nitrogens with zero attached hydrogens (tertiary/aromatic N) is 4. The molecule has 92 valence electrons. The van der Waals surface area contributed by atoms with Crippen molar-refractivity contribution in [1.82, 2.24) is 19.4 Å². The van der Waals surface area contributed by atoms with Crippen LogP contribution in [-0.2, 0) is 11.3 Å². The molecule has 0 radical (unpaired) electrons. The third-order valence-electron chi connectivity index (χ3n) is 3.02. The van der Waals surface area contributed by atoms with E-state index in [2.05, 4.69) is 4.98 Å². The lowest BCUT2D eigenvalue weighted by Crippen LogP contribution is -2.50. The highest BCUT2D eigenvalue weighted by atomic mass is 16.2. The first kappa shape index (κ1) is 11.6. The number of amides is 2. The lowest BCUT2D eigenvalue weighted by molar-refractivity contribution is -0.133. The number of likely N-dealkylation sites (N-methyl/N-ethyl adjacent to an activating group) is 1. The maximum atomic E-state index is 12.2. The van der Waals surface area contributed by atoms with E-state index >= 15 is 0 Å². The van der Waals surface area contributed by atoms with Gasteiger partial charge in [0.2, 0.25) is 5.91 Å². The number of imidazole rings is 1. The summed E-state index contributed by atoms with van der Waals surface area (Å²) in [5, 5.41) is 0. The van der Waals surface area contributed by atoms with Gasteiger partial charge in [-0.15, -0.1) is 0 Å². The Morgan fingerprint density at radius 1 is 1.47 bits per heavy atom. The largest absolute Gasteiger partial charge is 0.342 e. The van der Waals surface area contributed by atoms with Crippen molar-refractivity contribution in [3.8, 4) is 0 Å². The number of piperazine rings is 1. The molecule has 1 saturated heterocycles. The molecular weight excluding hydrogens is 220 g/mol. The van der Waals surface area contributed by atoms with E-state index in [1.54, 1.807) is 33.9 Å². The Hall–Kier alpha value is -1.85. The van der Waals surface area contributed by atoms with Gasteiger partial charge in [0.25, 0.3) is 5.91 Å². The Kier molecular flexibility index (Phi) is 3.12. The fourth-order valence-corrected chi connectivity index (χ4v) is 1.84. The van der Waals surface area contributed by atoms with Crippen LogP contribution in [0.3, 0.4) is 0 Å². The average molecular weight is 236 g/mol. The molecule has 1 aliphatic heterocycles. The molecule has 0 N–H and O–H groups in total. The third kappa shape index (κ3) is 2.15. The highest BCUT2D eigenvalue weighted by Crippen LogP contribution is 2.08. The smallest absolute Gasteiger partial charge is 0.272 e. The van der Waals surface area contributed by atoms with Crippen molar-refractivity contribution in [2.24, 2.45) is 0 Å². The van der Waals surface area contributed by atoms with Gasteiger partial charge in [-0.1, -0.05) is 0 Å². The molecular formula is C11H16N4O2. The van der Waals surface area contributed by atoms with Gasteiger partial charge < -0.3 is 14.4 Å². The normalized spacial score (nSPS) is 16.5. The number of carbonyl (C=O) groups excluding carboxylic acids is 2. The van der Waals surface area contributed by atoms with Gasteiger partial charge in [-0.05, 0) is 6.92 Å². The number of hydrogen-bond donors (Lipinski definition) is 0. The summed E-state index contributed by atoms with van der Waals surface area (Å²) in [6.45, 7) is 3.97. The van der Waals surface area contributed by atoms with Gasteiger partial charge in [0.15, 0.2) is 0 Å². The predicted molar refractivity (Wildman–Crippen MR) is 61.4 cm³/mol. The molecule has 6 heteroatoms. The van der Waals surface area contributed by atoms with Gasteiger partial charge in [0.1, 0.15) is 12.2 Å². The predicted octanol–water partition coefficient (Wildman–Crippen LogP) is -0.183. The highest BCUT2D eigenvalue weighted by molar-refractivity contribution is 5.95. The maximum absolute atomic E-state index is 12.2. The second-order valence-corrected chi connectivity index (χ2v) is 4.11. The second kappa shape index (κ2) is 4.57. The lowest BCUT2D eigenvalue weighted by Gasteiger charge is -2.31. The van der Waals surface area contributed by atoms with Crippen LogP contribution in [0.5, 0.6) is 0 Å². The van der Waals surface area contributed by atoms with Crippen molar-refractivity contribution in [3.63, 3.8) is 0 Å². The zero-order valence-electron chi connectivity index (χ0n) is 10.1. The van der Waals surface area contributed by atoms with Gasteiger partial charge >= 0.3 is 0 Å². The quantitative estimate of drug-likeness (QED) is 0.715. The molecule has 2 amide bonds. The van der Waals surface area contributed by atoms with Crippen molar-refractivity contribution in [2.45, 2.75) is 13.5 Å². The Morgan fingerprint density at radius 2 is 2.24 bits per heavy atom. The number of aromatic nitrogens is 2. The van der Waals surface area contributed by atoms with Crippen LogP contribution in [0.2, 0.25) is 0 Å². The summed E-state index contributed by atoms with van der Waals surface area (Å²) in [4.78, 5) is 30.9. The van der Waals surface area contributed by atoms with Crippen LogP contribution in [0.25, 0.3) is 0 Å². The Balaban J connectivity index is 2.13. The third-order valence-corrected chi connectivity index (χ3v) is 3.02. The molecule has 0 atom stereocenters. The van der Waals surface area contributed by atoms with Crippen LogP contribution in [-0.4, -0.2) is 57.8 Å². The van der Waals surface area contributed by atoms with Gasteiger partial charge in [0.05, 0.1) is 12.5 Å². The molecule has 0 bridgehead atoms. The Bertz CT molecular complexity index is 440. The first-order valence-electron chi connectivity index (χ1n) is 5.67. The fraction of sp³-hybridized carbons (Fsp3) is 0.545. The standard InChI is InChI=1S/C11H16N4O2/c1-3-14-8-12-6-9(14)11(17)15-5-4-13(2)10(16)7-15/h6,8H,3-5,7H2,1-2H3. The molecule has 2 heterocycles. The van der Waals surface area contributed by atoms with E-state index in [0.29, 0.717) is 25.3 Å². The molecule has 1 fully saturated rings. The van der Waals surface area contributed by atoms with E-state index < -0.39 is 0 Å². The molecule has 0 aromatic carbocycles. The summed E-state index contributed by atoms with van der Waals surface area (Å²) in [5.74, 6) is -0.141. The molecule has 0 saturated carbocycles. The minimum absolute atomic E-state index is 0.0211. The molecule has 1 aromatic rings. The van der Waals surface area contributed by atoms with Crippen LogP contribution >= 0.6 is 0 Å². The second-order valence-electron chi connectivity index (χ2n) is 4.11. The molecule has 1 aromatic heterocycles. The van der Waals surface area contributed by atoms with Gasteiger partial charge in [-0.25, -0.2) is 4.98 Å². The first-order valence-corrected chi connectivity index (χ1v) is 5.67. The van der Waals surface area contributed by atoms with E-state index in [1.165, 1.54) is 0 Å². The summed E-state index contributed by atoms with van der Waals surface area (Å²) >= 11 is 0. The van der Waals surface area contributed by atoms with Crippen molar-refractivity contribution < 1.29 is 9.59 Å². The Labute approximate surface area is 99.8 Å². The topological polar surface area (TPSA) is 58.4 Å². The van der Waals surface area contributed by atoms with Gasteiger partial charge in [-0.2, -0.15) is 0 Å². The monoisotopic (exact) mass is 236 g/mol. The van der Waals surface area contributed by atoms with E-state index in [0.717, 1.165) is 0 Å². The average Bonchev–Trinajstić information content (AvgIpc) is 2.80. The van der Waals surface area contributed by atoms with Crippen molar-refractivity contribution in [2.75, 3.05) is 26.7 Å². The molecule has 1 aliphatic rings. The van der Waals surface area contributed by atoms with E-state index in [-0.39, 0.29) is 18.4 Å². The fourth-order valence-electron chi connectivity index (χ4n) is 1.84. The Morgan fingerprint density at radius 3 is 2.88 bits per heavy atom. The lowest BCUT2D eigenvalue weighted by atomic mass is 10.3. The van der Waals surface area contributed by atoms with E-state index in [1.807, 2.05) is 6.92 Å². The van der Waals surface area contributed by atoms with Crippen LogP contribution < -0.4 is 0 Å². The zero-order valence-corrected chi connectivity index (χ0v) is 10.1. The molecule has 0 spiro atoms. The number of hydrogen-bond acceptors (Lipinski definition) is 3. The molecule has 0 aliphatic carbocycles. The number of carbonyl (C=O) groups is 2. The summed E-state index contributed by atoms with van der Waals surface area (Å²) in [7, 11) is 1.75. The van der Waals surface area contributed by atoms with Crippen molar-refractivity contribution in [3.05, 3.63) is 18.2 Å².